The first-order valence-corrected chi connectivity index (χ1v) is 7.92. The van der Waals surface area contributed by atoms with Gasteiger partial charge in [-0.15, -0.1) is 0 Å². The molecule has 0 radical (unpaired) electrons. The van der Waals surface area contributed by atoms with E-state index in [2.05, 4.69) is 54.0 Å². The molecule has 1 heterocycles. The minimum absolute atomic E-state index is 0.579. The number of benzene rings is 1. The maximum Gasteiger partial charge on any atom is 0.0237 e. The highest BCUT2D eigenvalue weighted by molar-refractivity contribution is 5.14. The molecule has 3 heteroatoms. The molecule has 1 fully saturated rings. The first-order valence-electron chi connectivity index (χ1n) is 7.92. The molecule has 1 aromatic carbocycles. The Balaban J connectivity index is 1.95. The summed E-state index contributed by atoms with van der Waals surface area (Å²) in [6.07, 6.45) is 2.64. The summed E-state index contributed by atoms with van der Waals surface area (Å²) in [4.78, 5) is 5.16. The molecule has 0 aromatic heterocycles. The molecule has 1 aromatic rings. The van der Waals surface area contributed by atoms with E-state index in [-0.39, 0.29) is 0 Å². The first-order chi connectivity index (χ1) is 9.70. The van der Waals surface area contributed by atoms with Gasteiger partial charge in [-0.25, -0.2) is 0 Å². The van der Waals surface area contributed by atoms with Gasteiger partial charge in [-0.05, 0) is 38.8 Å². The van der Waals surface area contributed by atoms with Gasteiger partial charge in [0.1, 0.15) is 0 Å². The summed E-state index contributed by atoms with van der Waals surface area (Å²) in [7, 11) is 0. The van der Waals surface area contributed by atoms with Gasteiger partial charge in [0, 0.05) is 38.3 Å². The monoisotopic (exact) mass is 275 g/mol. The van der Waals surface area contributed by atoms with E-state index in [0.717, 1.165) is 26.2 Å². The summed E-state index contributed by atoms with van der Waals surface area (Å²) in [6.45, 7) is 9.84. The van der Waals surface area contributed by atoms with Crippen molar-refractivity contribution in [2.24, 2.45) is 5.73 Å². The standard InChI is InChI=1S/C17H29N3/c1-15(2)20(13-16-7-4-3-5-8-16)14-17-9-6-11-19(17)12-10-18/h3-5,7-8,15,17H,6,9-14,18H2,1-2H3/t17-/m1/s1. The summed E-state index contributed by atoms with van der Waals surface area (Å²) in [6, 6.07) is 12.1. The molecule has 1 saturated heterocycles. The lowest BCUT2D eigenvalue weighted by Crippen LogP contribution is -2.44. The van der Waals surface area contributed by atoms with E-state index in [1.165, 1.54) is 24.9 Å². The lowest BCUT2D eigenvalue weighted by atomic mass is 10.1. The fourth-order valence-electron chi connectivity index (χ4n) is 3.11. The highest BCUT2D eigenvalue weighted by atomic mass is 15.2. The number of hydrogen-bond acceptors (Lipinski definition) is 3. The van der Waals surface area contributed by atoms with Crippen molar-refractivity contribution in [3.8, 4) is 0 Å². The van der Waals surface area contributed by atoms with Crippen molar-refractivity contribution in [3.05, 3.63) is 35.9 Å². The fraction of sp³-hybridized carbons (Fsp3) is 0.647. The Kier molecular flexibility index (Phi) is 6.02. The van der Waals surface area contributed by atoms with Crippen LogP contribution in [0.3, 0.4) is 0 Å². The number of nitrogens with zero attached hydrogens (tertiary/aromatic N) is 2. The Morgan fingerprint density at radius 3 is 2.70 bits per heavy atom. The quantitative estimate of drug-likeness (QED) is 0.829. The summed E-state index contributed by atoms with van der Waals surface area (Å²) in [5.41, 5.74) is 7.14. The molecule has 1 aliphatic heterocycles. The molecule has 0 amide bonds. The van der Waals surface area contributed by atoms with Crippen molar-refractivity contribution in [2.45, 2.75) is 45.3 Å². The van der Waals surface area contributed by atoms with Gasteiger partial charge in [0.15, 0.2) is 0 Å². The molecule has 20 heavy (non-hydrogen) atoms. The van der Waals surface area contributed by atoms with E-state index >= 15 is 0 Å². The predicted molar refractivity (Wildman–Crippen MR) is 85.6 cm³/mol. The average Bonchev–Trinajstić information content (AvgIpc) is 2.87. The van der Waals surface area contributed by atoms with Gasteiger partial charge < -0.3 is 5.73 Å². The molecule has 1 aliphatic rings. The van der Waals surface area contributed by atoms with E-state index in [9.17, 15) is 0 Å². The van der Waals surface area contributed by atoms with Gasteiger partial charge in [0.25, 0.3) is 0 Å². The van der Waals surface area contributed by atoms with Crippen LogP contribution in [0.4, 0.5) is 0 Å². The molecular formula is C17H29N3. The normalized spacial score (nSPS) is 20.1. The van der Waals surface area contributed by atoms with Crippen molar-refractivity contribution in [1.82, 2.24) is 9.80 Å². The summed E-state index contributed by atoms with van der Waals surface area (Å²) >= 11 is 0. The molecule has 0 saturated carbocycles. The van der Waals surface area contributed by atoms with Gasteiger partial charge in [-0.2, -0.15) is 0 Å². The lowest BCUT2D eigenvalue weighted by molar-refractivity contribution is 0.142. The number of nitrogens with two attached hydrogens (primary N) is 1. The topological polar surface area (TPSA) is 32.5 Å². The van der Waals surface area contributed by atoms with E-state index in [4.69, 9.17) is 5.73 Å². The van der Waals surface area contributed by atoms with Crippen LogP contribution in [0.2, 0.25) is 0 Å². The summed E-state index contributed by atoms with van der Waals surface area (Å²) < 4.78 is 0. The molecule has 112 valence electrons. The third-order valence-corrected chi connectivity index (χ3v) is 4.32. The van der Waals surface area contributed by atoms with Crippen LogP contribution >= 0.6 is 0 Å². The summed E-state index contributed by atoms with van der Waals surface area (Å²) in [5, 5.41) is 0. The molecular weight excluding hydrogens is 246 g/mol. The van der Waals surface area contributed by atoms with Gasteiger partial charge in [-0.3, -0.25) is 9.80 Å². The van der Waals surface area contributed by atoms with Crippen molar-refractivity contribution in [1.29, 1.82) is 0 Å². The molecule has 2 N–H and O–H groups in total. The molecule has 0 aliphatic carbocycles. The highest BCUT2D eigenvalue weighted by Gasteiger charge is 2.26. The van der Waals surface area contributed by atoms with Gasteiger partial charge in [0.2, 0.25) is 0 Å². The van der Waals surface area contributed by atoms with E-state index in [1.54, 1.807) is 0 Å². The lowest BCUT2D eigenvalue weighted by Gasteiger charge is -2.33. The molecule has 3 nitrogen and oxygen atoms in total. The van der Waals surface area contributed by atoms with Crippen molar-refractivity contribution in [3.63, 3.8) is 0 Å². The van der Waals surface area contributed by atoms with Crippen molar-refractivity contribution in [2.75, 3.05) is 26.2 Å². The maximum absolute atomic E-state index is 5.73. The summed E-state index contributed by atoms with van der Waals surface area (Å²) in [5.74, 6) is 0. The van der Waals surface area contributed by atoms with E-state index in [1.807, 2.05) is 0 Å². The first kappa shape index (κ1) is 15.5. The van der Waals surface area contributed by atoms with Crippen molar-refractivity contribution >= 4 is 0 Å². The Morgan fingerprint density at radius 2 is 2.05 bits per heavy atom. The number of likely N-dealkylation sites (tertiary alicyclic amines) is 1. The zero-order chi connectivity index (χ0) is 14.4. The van der Waals surface area contributed by atoms with Crippen LogP contribution in [0.5, 0.6) is 0 Å². The highest BCUT2D eigenvalue weighted by Crippen LogP contribution is 2.19. The second kappa shape index (κ2) is 7.77. The zero-order valence-electron chi connectivity index (χ0n) is 13.0. The van der Waals surface area contributed by atoms with Crippen LogP contribution < -0.4 is 5.73 Å². The maximum atomic E-state index is 5.73. The van der Waals surface area contributed by atoms with Crippen LogP contribution in [0.1, 0.15) is 32.3 Å². The van der Waals surface area contributed by atoms with Crippen molar-refractivity contribution < 1.29 is 0 Å². The molecule has 0 spiro atoms. The predicted octanol–water partition coefficient (Wildman–Crippen LogP) is 2.32. The van der Waals surface area contributed by atoms with Crippen LogP contribution in [-0.4, -0.2) is 48.1 Å². The van der Waals surface area contributed by atoms with Gasteiger partial charge >= 0.3 is 0 Å². The molecule has 0 unspecified atom stereocenters. The zero-order valence-corrected chi connectivity index (χ0v) is 13.0. The van der Waals surface area contributed by atoms with Crippen LogP contribution in [0.25, 0.3) is 0 Å². The Bertz CT molecular complexity index is 377. The second-order valence-corrected chi connectivity index (χ2v) is 6.13. The van der Waals surface area contributed by atoms with Crippen LogP contribution in [0, 0.1) is 0 Å². The Hall–Kier alpha value is -0.900. The number of hydrogen-bond donors (Lipinski definition) is 1. The Labute approximate surface area is 123 Å². The Morgan fingerprint density at radius 1 is 1.30 bits per heavy atom. The average molecular weight is 275 g/mol. The van der Waals surface area contributed by atoms with Crippen LogP contribution in [-0.2, 0) is 6.54 Å². The third kappa shape index (κ3) is 4.30. The second-order valence-electron chi connectivity index (χ2n) is 6.13. The minimum Gasteiger partial charge on any atom is -0.329 e. The van der Waals surface area contributed by atoms with E-state index < -0.39 is 0 Å². The smallest absolute Gasteiger partial charge is 0.0237 e. The third-order valence-electron chi connectivity index (χ3n) is 4.32. The van der Waals surface area contributed by atoms with E-state index in [0.29, 0.717) is 12.1 Å². The minimum atomic E-state index is 0.579. The van der Waals surface area contributed by atoms with Gasteiger partial charge in [-0.1, -0.05) is 30.3 Å². The largest absolute Gasteiger partial charge is 0.329 e. The molecule has 0 bridgehead atoms. The fourth-order valence-corrected chi connectivity index (χ4v) is 3.11. The molecule has 2 rings (SSSR count). The van der Waals surface area contributed by atoms with Crippen LogP contribution in [0.15, 0.2) is 30.3 Å². The number of rotatable bonds is 7. The molecule has 1 atom stereocenters. The van der Waals surface area contributed by atoms with Gasteiger partial charge in [0.05, 0.1) is 0 Å². The SMILES string of the molecule is CC(C)N(Cc1ccccc1)C[C@H]1CCCN1CCN.